The number of halogens is 3. The number of hydrogen-bond donors (Lipinski definition) is 1. The highest BCUT2D eigenvalue weighted by Gasteiger charge is 2.31. The second-order valence-corrected chi connectivity index (χ2v) is 4.96. The first-order valence-corrected chi connectivity index (χ1v) is 6.44. The van der Waals surface area contributed by atoms with E-state index < -0.39 is 11.7 Å². The van der Waals surface area contributed by atoms with Crippen molar-refractivity contribution in [1.82, 2.24) is 0 Å². The van der Waals surface area contributed by atoms with E-state index >= 15 is 0 Å². The van der Waals surface area contributed by atoms with Gasteiger partial charge in [-0.1, -0.05) is 25.8 Å². The first kappa shape index (κ1) is 13.2. The minimum absolute atomic E-state index is 0.550. The van der Waals surface area contributed by atoms with Gasteiger partial charge >= 0.3 is 6.18 Å². The fourth-order valence-corrected chi connectivity index (χ4v) is 2.43. The molecule has 0 fully saturated rings. The number of nitrogens with one attached hydrogen (secondary N) is 1. The van der Waals surface area contributed by atoms with Crippen LogP contribution in [-0.4, -0.2) is 6.54 Å². The molecule has 0 saturated carbocycles. The standard InChI is InChI=1S/C14H18F3N/c1-2-3-4-10-7-11-5-6-12(14(15,16)17)8-13(11)18-9-10/h5-6,8,10,18H,2-4,7,9H2,1H3. The highest BCUT2D eigenvalue weighted by atomic mass is 19.4. The number of unbranched alkanes of at least 4 members (excludes halogenated alkanes) is 1. The molecule has 0 radical (unpaired) electrons. The first-order valence-electron chi connectivity index (χ1n) is 6.44. The van der Waals surface area contributed by atoms with Crippen LogP contribution in [0.5, 0.6) is 0 Å². The maximum atomic E-state index is 12.6. The monoisotopic (exact) mass is 257 g/mol. The van der Waals surface area contributed by atoms with Crippen molar-refractivity contribution in [1.29, 1.82) is 0 Å². The highest BCUT2D eigenvalue weighted by molar-refractivity contribution is 5.55. The van der Waals surface area contributed by atoms with E-state index in [0.29, 0.717) is 11.6 Å². The molecular weight excluding hydrogens is 239 g/mol. The van der Waals surface area contributed by atoms with E-state index in [1.165, 1.54) is 18.6 Å². The van der Waals surface area contributed by atoms with Crippen LogP contribution in [0.4, 0.5) is 18.9 Å². The number of benzene rings is 1. The van der Waals surface area contributed by atoms with Crippen molar-refractivity contribution in [2.75, 3.05) is 11.9 Å². The van der Waals surface area contributed by atoms with Gasteiger partial charge in [-0.3, -0.25) is 0 Å². The summed E-state index contributed by atoms with van der Waals surface area (Å²) in [4.78, 5) is 0. The van der Waals surface area contributed by atoms with Gasteiger partial charge in [0.1, 0.15) is 0 Å². The summed E-state index contributed by atoms with van der Waals surface area (Å²) in [7, 11) is 0. The van der Waals surface area contributed by atoms with Gasteiger partial charge in [-0.15, -0.1) is 0 Å². The molecular formula is C14H18F3N. The summed E-state index contributed by atoms with van der Waals surface area (Å²) < 4.78 is 37.7. The molecule has 0 aliphatic carbocycles. The van der Waals surface area contributed by atoms with Crippen LogP contribution in [0.25, 0.3) is 0 Å². The molecule has 1 atom stereocenters. The molecule has 0 bridgehead atoms. The van der Waals surface area contributed by atoms with Crippen molar-refractivity contribution in [3.8, 4) is 0 Å². The lowest BCUT2D eigenvalue weighted by molar-refractivity contribution is -0.137. The first-order chi connectivity index (χ1) is 8.50. The van der Waals surface area contributed by atoms with Crippen molar-refractivity contribution < 1.29 is 13.2 Å². The van der Waals surface area contributed by atoms with Crippen LogP contribution in [0.2, 0.25) is 0 Å². The SMILES string of the molecule is CCCCC1CNc2cc(C(F)(F)F)ccc2C1. The van der Waals surface area contributed by atoms with Crippen LogP contribution in [0, 0.1) is 5.92 Å². The van der Waals surface area contributed by atoms with Crippen LogP contribution in [0.1, 0.15) is 37.3 Å². The summed E-state index contributed by atoms with van der Waals surface area (Å²) in [5.74, 6) is 0.550. The Balaban J connectivity index is 2.11. The van der Waals surface area contributed by atoms with Gasteiger partial charge in [0.15, 0.2) is 0 Å². The summed E-state index contributed by atoms with van der Waals surface area (Å²) >= 11 is 0. The molecule has 1 aromatic carbocycles. The molecule has 0 aromatic heterocycles. The molecule has 1 nitrogen and oxygen atoms in total. The van der Waals surface area contributed by atoms with Crippen LogP contribution in [0.3, 0.4) is 0 Å². The zero-order valence-corrected chi connectivity index (χ0v) is 10.5. The molecule has 1 aromatic rings. The number of hydrogen-bond acceptors (Lipinski definition) is 1. The Kier molecular flexibility index (Phi) is 3.83. The van der Waals surface area contributed by atoms with Crippen LogP contribution < -0.4 is 5.32 Å². The van der Waals surface area contributed by atoms with Gasteiger partial charge in [0.25, 0.3) is 0 Å². The molecule has 1 aliphatic heterocycles. The zero-order valence-electron chi connectivity index (χ0n) is 10.5. The predicted octanol–water partition coefficient (Wildman–Crippen LogP) is 4.48. The largest absolute Gasteiger partial charge is 0.416 e. The quantitative estimate of drug-likeness (QED) is 0.841. The fraction of sp³-hybridized carbons (Fsp3) is 0.571. The molecule has 0 amide bonds. The third kappa shape index (κ3) is 2.98. The number of anilines is 1. The van der Waals surface area contributed by atoms with Crippen molar-refractivity contribution in [2.24, 2.45) is 5.92 Å². The molecule has 0 saturated heterocycles. The lowest BCUT2D eigenvalue weighted by atomic mass is 9.89. The van der Waals surface area contributed by atoms with E-state index in [1.807, 2.05) is 0 Å². The number of fused-ring (bicyclic) bond motifs is 1. The molecule has 1 heterocycles. The van der Waals surface area contributed by atoms with Crippen LogP contribution in [0.15, 0.2) is 18.2 Å². The van der Waals surface area contributed by atoms with Gasteiger partial charge in [-0.2, -0.15) is 13.2 Å². The average Bonchev–Trinajstić information content (AvgIpc) is 2.34. The Morgan fingerprint density at radius 1 is 1.33 bits per heavy atom. The Morgan fingerprint density at radius 2 is 2.11 bits per heavy atom. The third-order valence-electron chi connectivity index (χ3n) is 3.49. The third-order valence-corrected chi connectivity index (χ3v) is 3.49. The van der Waals surface area contributed by atoms with Gasteiger partial charge < -0.3 is 5.32 Å². The minimum atomic E-state index is -4.25. The predicted molar refractivity (Wildman–Crippen MR) is 66.7 cm³/mol. The van der Waals surface area contributed by atoms with Gasteiger partial charge in [-0.05, 0) is 36.5 Å². The van der Waals surface area contributed by atoms with E-state index in [0.717, 1.165) is 31.4 Å². The molecule has 1 unspecified atom stereocenters. The summed E-state index contributed by atoms with van der Waals surface area (Å²) in [5, 5.41) is 3.13. The van der Waals surface area contributed by atoms with Gasteiger partial charge in [0.2, 0.25) is 0 Å². The van der Waals surface area contributed by atoms with E-state index in [9.17, 15) is 13.2 Å². The topological polar surface area (TPSA) is 12.0 Å². The van der Waals surface area contributed by atoms with E-state index in [4.69, 9.17) is 0 Å². The molecule has 4 heteroatoms. The average molecular weight is 257 g/mol. The molecule has 100 valence electrons. The zero-order chi connectivity index (χ0) is 13.2. The van der Waals surface area contributed by atoms with Crippen LogP contribution in [-0.2, 0) is 12.6 Å². The van der Waals surface area contributed by atoms with Crippen molar-refractivity contribution in [2.45, 2.75) is 38.8 Å². The number of alkyl halides is 3. The highest BCUT2D eigenvalue weighted by Crippen LogP contribution is 2.34. The Hall–Kier alpha value is -1.19. The number of rotatable bonds is 3. The summed E-state index contributed by atoms with van der Waals surface area (Å²) in [6.45, 7) is 2.94. The molecule has 1 N–H and O–H groups in total. The molecule has 1 aliphatic rings. The normalized spacial score (nSPS) is 19.2. The Bertz CT molecular complexity index is 412. The smallest absolute Gasteiger partial charge is 0.385 e. The van der Waals surface area contributed by atoms with E-state index in [1.54, 1.807) is 6.07 Å². The molecule has 18 heavy (non-hydrogen) atoms. The van der Waals surface area contributed by atoms with Gasteiger partial charge in [0.05, 0.1) is 5.56 Å². The summed E-state index contributed by atoms with van der Waals surface area (Å²) in [6.07, 6.45) is 0.124. The van der Waals surface area contributed by atoms with Crippen molar-refractivity contribution in [3.63, 3.8) is 0 Å². The van der Waals surface area contributed by atoms with Crippen molar-refractivity contribution >= 4 is 5.69 Å². The van der Waals surface area contributed by atoms with Crippen LogP contribution >= 0.6 is 0 Å². The van der Waals surface area contributed by atoms with E-state index in [-0.39, 0.29) is 0 Å². The van der Waals surface area contributed by atoms with Crippen molar-refractivity contribution in [3.05, 3.63) is 29.3 Å². The second kappa shape index (κ2) is 5.21. The molecule has 2 rings (SSSR count). The fourth-order valence-electron chi connectivity index (χ4n) is 2.43. The maximum Gasteiger partial charge on any atom is 0.416 e. The summed E-state index contributed by atoms with van der Waals surface area (Å²) in [5.41, 5.74) is 1.09. The Morgan fingerprint density at radius 3 is 2.78 bits per heavy atom. The lowest BCUT2D eigenvalue weighted by Crippen LogP contribution is -2.23. The lowest BCUT2D eigenvalue weighted by Gasteiger charge is -2.26. The molecule has 0 spiro atoms. The summed E-state index contributed by atoms with van der Waals surface area (Å²) in [6, 6.07) is 4.03. The maximum absolute atomic E-state index is 12.6. The van der Waals surface area contributed by atoms with E-state index in [2.05, 4.69) is 12.2 Å². The van der Waals surface area contributed by atoms with Gasteiger partial charge in [-0.25, -0.2) is 0 Å². The van der Waals surface area contributed by atoms with Gasteiger partial charge in [0, 0.05) is 12.2 Å². The second-order valence-electron chi connectivity index (χ2n) is 4.96. The Labute approximate surface area is 105 Å². The minimum Gasteiger partial charge on any atom is -0.385 e.